The summed E-state index contributed by atoms with van der Waals surface area (Å²) in [6.07, 6.45) is 6.29. The molecular formula is C19H22N4O. The molecule has 0 spiro atoms. The van der Waals surface area contributed by atoms with Crippen LogP contribution in [0.25, 0.3) is 5.65 Å². The predicted molar refractivity (Wildman–Crippen MR) is 94.2 cm³/mol. The number of pyridine rings is 2. The zero-order valence-electron chi connectivity index (χ0n) is 14.5. The van der Waals surface area contributed by atoms with Crippen LogP contribution in [0.2, 0.25) is 0 Å². The number of hydrogen-bond acceptors (Lipinski definition) is 3. The molecule has 124 valence electrons. The number of rotatable bonds is 4. The lowest BCUT2D eigenvalue weighted by atomic mass is 10.1. The van der Waals surface area contributed by atoms with Crippen LogP contribution in [0.15, 0.2) is 42.9 Å². The van der Waals surface area contributed by atoms with E-state index < -0.39 is 0 Å². The van der Waals surface area contributed by atoms with Crippen LogP contribution in [0.5, 0.6) is 0 Å². The molecule has 5 nitrogen and oxygen atoms in total. The fourth-order valence-electron chi connectivity index (χ4n) is 2.74. The van der Waals surface area contributed by atoms with Crippen molar-refractivity contribution in [2.75, 3.05) is 7.05 Å². The van der Waals surface area contributed by atoms with Crippen molar-refractivity contribution in [3.63, 3.8) is 0 Å². The zero-order valence-corrected chi connectivity index (χ0v) is 14.5. The third-order valence-corrected chi connectivity index (χ3v) is 4.28. The Morgan fingerprint density at radius 1 is 1.21 bits per heavy atom. The van der Waals surface area contributed by atoms with Crippen molar-refractivity contribution in [3.8, 4) is 0 Å². The molecule has 0 aliphatic rings. The van der Waals surface area contributed by atoms with Crippen molar-refractivity contribution in [2.45, 2.75) is 33.2 Å². The topological polar surface area (TPSA) is 50.5 Å². The molecule has 3 heterocycles. The number of fused-ring (bicyclic) bond motifs is 1. The largest absolute Gasteiger partial charge is 0.337 e. The number of carbonyl (C=O) groups is 1. The number of likely N-dealkylation sites (N-methyl/N-ethyl adjacent to an activating group) is 1. The van der Waals surface area contributed by atoms with Gasteiger partial charge in [-0.3, -0.25) is 9.78 Å². The first-order valence-electron chi connectivity index (χ1n) is 8.08. The number of imidazole rings is 1. The number of nitrogens with zero attached hydrogens (tertiary/aromatic N) is 4. The third kappa shape index (κ3) is 3.30. The molecule has 5 heteroatoms. The van der Waals surface area contributed by atoms with Crippen molar-refractivity contribution in [2.24, 2.45) is 0 Å². The van der Waals surface area contributed by atoms with Gasteiger partial charge in [0.2, 0.25) is 0 Å². The van der Waals surface area contributed by atoms with E-state index in [2.05, 4.69) is 16.0 Å². The Morgan fingerprint density at radius 3 is 2.75 bits per heavy atom. The molecule has 24 heavy (non-hydrogen) atoms. The van der Waals surface area contributed by atoms with Gasteiger partial charge < -0.3 is 9.30 Å². The highest BCUT2D eigenvalue weighted by molar-refractivity contribution is 5.93. The van der Waals surface area contributed by atoms with Crippen LogP contribution in [-0.2, 0) is 6.42 Å². The highest BCUT2D eigenvalue weighted by atomic mass is 16.2. The predicted octanol–water partition coefficient (Wildman–Crippen LogP) is 3.05. The Hall–Kier alpha value is -2.69. The van der Waals surface area contributed by atoms with Crippen LogP contribution in [0.3, 0.4) is 0 Å². The summed E-state index contributed by atoms with van der Waals surface area (Å²) in [6.45, 7) is 6.09. The molecule has 0 radical (unpaired) electrons. The number of carbonyl (C=O) groups excluding carboxylic acids is 1. The van der Waals surface area contributed by atoms with E-state index in [1.807, 2.05) is 62.8 Å². The summed E-state index contributed by atoms with van der Waals surface area (Å²) in [5, 5.41) is 0. The maximum absolute atomic E-state index is 12.7. The van der Waals surface area contributed by atoms with Crippen molar-refractivity contribution in [1.29, 1.82) is 0 Å². The smallest absolute Gasteiger partial charge is 0.274 e. The maximum Gasteiger partial charge on any atom is 0.274 e. The summed E-state index contributed by atoms with van der Waals surface area (Å²) in [5.74, 6) is -0.0727. The van der Waals surface area contributed by atoms with Crippen molar-refractivity contribution in [1.82, 2.24) is 19.3 Å². The zero-order chi connectivity index (χ0) is 17.3. The second-order valence-electron chi connectivity index (χ2n) is 6.39. The summed E-state index contributed by atoms with van der Waals surface area (Å²) < 4.78 is 1.89. The van der Waals surface area contributed by atoms with Gasteiger partial charge in [0.05, 0.1) is 0 Å². The monoisotopic (exact) mass is 322 g/mol. The molecule has 0 N–H and O–H groups in total. The lowest BCUT2D eigenvalue weighted by molar-refractivity contribution is 0.0737. The molecule has 0 aliphatic heterocycles. The average Bonchev–Trinajstić information content (AvgIpc) is 2.96. The first-order valence-corrected chi connectivity index (χ1v) is 8.08. The Kier molecular flexibility index (Phi) is 4.34. The SMILES string of the molecule is Cc1ccnc(C[C@H](C)N(C)C(=O)c2cn3cc(C)ccc3n2)c1. The molecule has 3 aromatic heterocycles. The van der Waals surface area contributed by atoms with Gasteiger partial charge in [-0.25, -0.2) is 4.98 Å². The second-order valence-corrected chi connectivity index (χ2v) is 6.39. The molecular weight excluding hydrogens is 300 g/mol. The maximum atomic E-state index is 12.7. The normalized spacial score (nSPS) is 12.3. The first-order chi connectivity index (χ1) is 11.4. The Labute approximate surface area is 142 Å². The molecule has 1 atom stereocenters. The summed E-state index contributed by atoms with van der Waals surface area (Å²) in [4.78, 5) is 23.3. The van der Waals surface area contributed by atoms with Gasteiger partial charge in [-0.05, 0) is 50.1 Å². The van der Waals surface area contributed by atoms with Crippen LogP contribution in [0, 0.1) is 13.8 Å². The molecule has 0 aliphatic carbocycles. The average molecular weight is 322 g/mol. The number of amides is 1. The van der Waals surface area contributed by atoms with Crippen molar-refractivity contribution >= 4 is 11.6 Å². The van der Waals surface area contributed by atoms with Gasteiger partial charge in [0.15, 0.2) is 0 Å². The van der Waals surface area contributed by atoms with E-state index in [4.69, 9.17) is 0 Å². The highest BCUT2D eigenvalue weighted by Gasteiger charge is 2.20. The van der Waals surface area contributed by atoms with Crippen LogP contribution in [-0.4, -0.2) is 38.3 Å². The van der Waals surface area contributed by atoms with Crippen molar-refractivity contribution in [3.05, 3.63) is 65.4 Å². The van der Waals surface area contributed by atoms with Gasteiger partial charge >= 0.3 is 0 Å². The van der Waals surface area contributed by atoms with Gasteiger partial charge in [-0.2, -0.15) is 0 Å². The van der Waals surface area contributed by atoms with Gasteiger partial charge in [-0.15, -0.1) is 0 Å². The third-order valence-electron chi connectivity index (χ3n) is 4.28. The van der Waals surface area contributed by atoms with E-state index >= 15 is 0 Å². The lowest BCUT2D eigenvalue weighted by Gasteiger charge is -2.24. The molecule has 3 rings (SSSR count). The quantitative estimate of drug-likeness (QED) is 0.742. The van der Waals surface area contributed by atoms with Crippen LogP contribution in [0.1, 0.15) is 34.2 Å². The second kappa shape index (κ2) is 6.43. The molecule has 0 fully saturated rings. The fourth-order valence-corrected chi connectivity index (χ4v) is 2.74. The Morgan fingerprint density at radius 2 is 2.00 bits per heavy atom. The Balaban J connectivity index is 1.77. The van der Waals surface area contributed by atoms with Crippen molar-refractivity contribution < 1.29 is 4.79 Å². The molecule has 0 saturated heterocycles. The van der Waals surface area contributed by atoms with Gasteiger partial charge in [0.25, 0.3) is 5.91 Å². The minimum atomic E-state index is -0.0727. The van der Waals surface area contributed by atoms with E-state index in [-0.39, 0.29) is 11.9 Å². The summed E-state index contributed by atoms with van der Waals surface area (Å²) in [7, 11) is 1.82. The van der Waals surface area contributed by atoms with Gasteiger partial charge in [0, 0.05) is 43.8 Å². The van der Waals surface area contributed by atoms with Crippen LogP contribution >= 0.6 is 0 Å². The molecule has 0 saturated carbocycles. The van der Waals surface area contributed by atoms with E-state index in [1.54, 1.807) is 11.1 Å². The Bertz CT molecular complexity index is 884. The van der Waals surface area contributed by atoms with E-state index in [1.165, 1.54) is 5.56 Å². The van der Waals surface area contributed by atoms with Gasteiger partial charge in [-0.1, -0.05) is 6.07 Å². The van der Waals surface area contributed by atoms with E-state index in [0.29, 0.717) is 5.69 Å². The molecule has 3 aromatic rings. The molecule has 0 unspecified atom stereocenters. The summed E-state index contributed by atoms with van der Waals surface area (Å²) in [6, 6.07) is 7.99. The summed E-state index contributed by atoms with van der Waals surface area (Å²) in [5.41, 5.74) is 4.55. The summed E-state index contributed by atoms with van der Waals surface area (Å²) >= 11 is 0. The van der Waals surface area contributed by atoms with Gasteiger partial charge in [0.1, 0.15) is 11.3 Å². The highest BCUT2D eigenvalue weighted by Crippen LogP contribution is 2.13. The number of aromatic nitrogens is 3. The minimum absolute atomic E-state index is 0.0401. The number of hydrogen-bond donors (Lipinski definition) is 0. The fraction of sp³-hybridized carbons (Fsp3) is 0.316. The minimum Gasteiger partial charge on any atom is -0.337 e. The number of aryl methyl sites for hydroxylation is 2. The van der Waals surface area contributed by atoms with E-state index in [9.17, 15) is 4.79 Å². The molecule has 0 bridgehead atoms. The van der Waals surface area contributed by atoms with E-state index in [0.717, 1.165) is 23.3 Å². The van der Waals surface area contributed by atoms with Crippen LogP contribution in [0.4, 0.5) is 0 Å². The lowest BCUT2D eigenvalue weighted by Crippen LogP contribution is -2.36. The van der Waals surface area contributed by atoms with Crippen LogP contribution < -0.4 is 0 Å². The molecule has 0 aromatic carbocycles. The molecule has 1 amide bonds. The first kappa shape index (κ1) is 16.2. The standard InChI is InChI=1S/C19H22N4O/c1-13-7-8-20-16(9-13)10-15(3)22(4)19(24)17-12-23-11-14(2)5-6-18(23)21-17/h5-9,11-12,15H,10H2,1-4H3/t15-/m0/s1.